The summed E-state index contributed by atoms with van der Waals surface area (Å²) < 4.78 is 19.5. The highest BCUT2D eigenvalue weighted by atomic mass is 19.1. The van der Waals surface area contributed by atoms with Crippen molar-refractivity contribution in [3.05, 3.63) is 58.9 Å². The molecule has 2 aromatic rings. The predicted molar refractivity (Wildman–Crippen MR) is 107 cm³/mol. The smallest absolute Gasteiger partial charge is 0.336 e. The second-order valence-corrected chi connectivity index (χ2v) is 8.22. The van der Waals surface area contributed by atoms with Gasteiger partial charge in [0.2, 0.25) is 0 Å². The molecule has 4 rings (SSSR count). The maximum atomic E-state index is 14.0. The van der Waals surface area contributed by atoms with Crippen molar-refractivity contribution in [1.82, 2.24) is 0 Å². The largest absolute Gasteiger partial charge is 0.478 e. The molecule has 148 valence electrons. The molecule has 0 bridgehead atoms. The molecular formula is C22H25FN2O3. The number of nitrogens with zero attached hydrogens (tertiary/aromatic N) is 1. The van der Waals surface area contributed by atoms with Gasteiger partial charge in [0.1, 0.15) is 5.82 Å². The Morgan fingerprint density at radius 2 is 2.00 bits per heavy atom. The fraction of sp³-hybridized carbons (Fsp3) is 0.409. The molecular weight excluding hydrogens is 359 g/mol. The van der Waals surface area contributed by atoms with E-state index in [1.165, 1.54) is 6.07 Å². The Morgan fingerprint density at radius 3 is 2.71 bits per heavy atom. The molecule has 2 aromatic carbocycles. The number of carbonyl (C=O) groups is 1. The van der Waals surface area contributed by atoms with E-state index in [4.69, 9.17) is 4.74 Å². The fourth-order valence-electron chi connectivity index (χ4n) is 4.31. The average molecular weight is 384 g/mol. The summed E-state index contributed by atoms with van der Waals surface area (Å²) in [4.78, 5) is 13.9. The molecule has 0 aromatic heterocycles. The summed E-state index contributed by atoms with van der Waals surface area (Å²) in [5.41, 5.74) is 3.29. The molecule has 28 heavy (non-hydrogen) atoms. The van der Waals surface area contributed by atoms with Crippen molar-refractivity contribution in [3.8, 4) is 0 Å². The van der Waals surface area contributed by atoms with E-state index in [1.807, 2.05) is 6.07 Å². The van der Waals surface area contributed by atoms with Crippen molar-refractivity contribution in [3.63, 3.8) is 0 Å². The molecule has 2 heterocycles. The van der Waals surface area contributed by atoms with Crippen molar-refractivity contribution < 1.29 is 19.0 Å². The van der Waals surface area contributed by atoms with Gasteiger partial charge < -0.3 is 20.1 Å². The summed E-state index contributed by atoms with van der Waals surface area (Å²) >= 11 is 0. The Hall–Kier alpha value is -2.60. The normalized spacial score (nSPS) is 21.0. The molecule has 0 saturated carbocycles. The van der Waals surface area contributed by atoms with Gasteiger partial charge in [-0.3, -0.25) is 0 Å². The number of rotatable bonds is 3. The highest BCUT2D eigenvalue weighted by Gasteiger charge is 2.38. The van der Waals surface area contributed by atoms with Gasteiger partial charge in [-0.15, -0.1) is 0 Å². The van der Waals surface area contributed by atoms with Crippen LogP contribution in [-0.4, -0.2) is 37.4 Å². The van der Waals surface area contributed by atoms with Gasteiger partial charge in [0, 0.05) is 24.5 Å². The molecule has 0 aliphatic carbocycles. The highest BCUT2D eigenvalue weighted by Crippen LogP contribution is 2.46. The van der Waals surface area contributed by atoms with E-state index in [2.05, 4.69) is 42.3 Å². The zero-order valence-corrected chi connectivity index (χ0v) is 16.2. The number of halogens is 1. The summed E-state index contributed by atoms with van der Waals surface area (Å²) in [5.74, 6) is -1.63. The van der Waals surface area contributed by atoms with Gasteiger partial charge in [-0.2, -0.15) is 0 Å². The monoisotopic (exact) mass is 384 g/mol. The Kier molecular flexibility index (Phi) is 4.75. The van der Waals surface area contributed by atoms with E-state index in [-0.39, 0.29) is 17.0 Å². The lowest BCUT2D eigenvalue weighted by molar-refractivity contribution is 0.0694. The minimum Gasteiger partial charge on any atom is -0.478 e. The van der Waals surface area contributed by atoms with Gasteiger partial charge in [0.05, 0.1) is 24.8 Å². The number of fused-ring (bicyclic) bond motifs is 1. The van der Waals surface area contributed by atoms with Crippen LogP contribution in [0.3, 0.4) is 0 Å². The molecule has 1 saturated heterocycles. The Bertz CT molecular complexity index is 907. The Balaban J connectivity index is 1.71. The fourth-order valence-corrected chi connectivity index (χ4v) is 4.31. The third-order valence-corrected chi connectivity index (χ3v) is 5.74. The number of nitrogens with one attached hydrogen (secondary N) is 1. The molecule has 1 unspecified atom stereocenters. The van der Waals surface area contributed by atoms with Crippen LogP contribution in [-0.2, 0) is 11.2 Å². The lowest BCUT2D eigenvalue weighted by Gasteiger charge is -2.42. The third kappa shape index (κ3) is 3.44. The number of hydrogen-bond donors (Lipinski definition) is 2. The predicted octanol–water partition coefficient (Wildman–Crippen LogP) is 4.10. The second kappa shape index (κ2) is 7.09. The minimum absolute atomic E-state index is 0.0380. The molecule has 1 fully saturated rings. The van der Waals surface area contributed by atoms with Crippen LogP contribution in [0.15, 0.2) is 36.4 Å². The van der Waals surface area contributed by atoms with Crippen LogP contribution < -0.4 is 10.2 Å². The molecule has 1 atom stereocenters. The number of anilines is 2. The lowest BCUT2D eigenvalue weighted by Crippen LogP contribution is -2.37. The number of aromatic carboxylic acids is 1. The van der Waals surface area contributed by atoms with Crippen molar-refractivity contribution in [2.24, 2.45) is 5.41 Å². The standard InChI is InChI=1S/C22H25FN2O3/c1-22(2)13-18-17(21(26)27)11-15(23)12-19(18)24-20(22)14-4-3-5-16(10-14)25-6-8-28-9-7-25/h3-5,10-12,20,24H,6-9,13H2,1-2H3,(H,26,27). The molecule has 0 spiro atoms. The Labute approximate surface area is 164 Å². The first-order valence-electron chi connectivity index (χ1n) is 9.60. The van der Waals surface area contributed by atoms with E-state index >= 15 is 0 Å². The van der Waals surface area contributed by atoms with E-state index in [1.54, 1.807) is 0 Å². The van der Waals surface area contributed by atoms with Crippen LogP contribution in [0.4, 0.5) is 15.8 Å². The number of carboxylic acid groups (broad SMARTS) is 1. The quantitative estimate of drug-likeness (QED) is 0.834. The number of benzene rings is 2. The topological polar surface area (TPSA) is 61.8 Å². The number of hydrogen-bond acceptors (Lipinski definition) is 4. The van der Waals surface area contributed by atoms with Gasteiger partial charge in [0.15, 0.2) is 0 Å². The zero-order chi connectivity index (χ0) is 19.9. The first-order chi connectivity index (χ1) is 13.3. The van der Waals surface area contributed by atoms with E-state index in [9.17, 15) is 14.3 Å². The van der Waals surface area contributed by atoms with Crippen molar-refractivity contribution in [1.29, 1.82) is 0 Å². The van der Waals surface area contributed by atoms with E-state index in [0.717, 1.165) is 43.6 Å². The number of carboxylic acids is 1. The molecule has 0 radical (unpaired) electrons. The van der Waals surface area contributed by atoms with Crippen LogP contribution in [0.1, 0.15) is 41.4 Å². The molecule has 0 amide bonds. The maximum absolute atomic E-state index is 14.0. The van der Waals surface area contributed by atoms with Gasteiger partial charge in [-0.1, -0.05) is 26.0 Å². The van der Waals surface area contributed by atoms with Crippen LogP contribution in [0.5, 0.6) is 0 Å². The van der Waals surface area contributed by atoms with Crippen molar-refractivity contribution in [2.75, 3.05) is 36.5 Å². The van der Waals surface area contributed by atoms with Gasteiger partial charge in [-0.05, 0) is 47.2 Å². The number of morpholine rings is 1. The number of ether oxygens (including phenoxy) is 1. The summed E-state index contributed by atoms with van der Waals surface area (Å²) in [5, 5.41) is 12.9. The Morgan fingerprint density at radius 1 is 1.25 bits per heavy atom. The minimum atomic E-state index is -1.10. The second-order valence-electron chi connectivity index (χ2n) is 8.22. The van der Waals surface area contributed by atoms with E-state index in [0.29, 0.717) is 17.7 Å². The van der Waals surface area contributed by atoms with E-state index < -0.39 is 11.8 Å². The first-order valence-corrected chi connectivity index (χ1v) is 9.60. The maximum Gasteiger partial charge on any atom is 0.336 e. The SMILES string of the molecule is CC1(C)Cc2c(cc(F)cc2C(=O)O)NC1c1cccc(N2CCOCC2)c1. The van der Waals surface area contributed by atoms with Crippen molar-refractivity contribution >= 4 is 17.3 Å². The summed E-state index contributed by atoms with van der Waals surface area (Å²) in [6.07, 6.45) is 0.559. The van der Waals surface area contributed by atoms with Crippen LogP contribution in [0.2, 0.25) is 0 Å². The lowest BCUT2D eigenvalue weighted by atomic mass is 9.72. The summed E-state index contributed by atoms with van der Waals surface area (Å²) in [7, 11) is 0. The molecule has 6 heteroatoms. The van der Waals surface area contributed by atoms with Gasteiger partial charge in [0.25, 0.3) is 0 Å². The molecule has 2 aliphatic heterocycles. The molecule has 2 aliphatic rings. The first kappa shape index (κ1) is 18.7. The van der Waals surface area contributed by atoms with Gasteiger partial charge >= 0.3 is 5.97 Å². The van der Waals surface area contributed by atoms with Crippen LogP contribution in [0.25, 0.3) is 0 Å². The average Bonchev–Trinajstić information content (AvgIpc) is 2.67. The van der Waals surface area contributed by atoms with Crippen LogP contribution in [0, 0.1) is 11.2 Å². The summed E-state index contributed by atoms with van der Waals surface area (Å²) in [6.45, 7) is 7.40. The zero-order valence-electron chi connectivity index (χ0n) is 16.2. The molecule has 5 nitrogen and oxygen atoms in total. The molecule has 2 N–H and O–H groups in total. The van der Waals surface area contributed by atoms with Crippen LogP contribution >= 0.6 is 0 Å². The third-order valence-electron chi connectivity index (χ3n) is 5.74. The van der Waals surface area contributed by atoms with Gasteiger partial charge in [-0.25, -0.2) is 9.18 Å². The van der Waals surface area contributed by atoms with Crippen molar-refractivity contribution in [2.45, 2.75) is 26.3 Å². The summed E-state index contributed by atoms with van der Waals surface area (Å²) in [6, 6.07) is 10.8. The highest BCUT2D eigenvalue weighted by molar-refractivity contribution is 5.91.